The summed E-state index contributed by atoms with van der Waals surface area (Å²) in [6.07, 6.45) is -1.53. The number of carbonyl (C=O) groups excluding carboxylic acids is 3. The minimum absolute atomic E-state index is 0.251. The molecule has 1 aromatic carbocycles. The molecule has 0 N–H and O–H groups in total. The molecule has 1 saturated heterocycles. The lowest BCUT2D eigenvalue weighted by molar-refractivity contribution is -0.212. The van der Waals surface area contributed by atoms with E-state index in [1.165, 1.54) is 48.6 Å². The van der Waals surface area contributed by atoms with E-state index in [0.717, 1.165) is 0 Å². The molecular formula is C23H21Cl3N4O7S2. The van der Waals surface area contributed by atoms with Crippen LogP contribution in [0.4, 0.5) is 0 Å². The van der Waals surface area contributed by atoms with Crippen LogP contribution in [0.2, 0.25) is 15.2 Å². The molecule has 2 aromatic heterocycles. The minimum Gasteiger partial charge on any atom is -0.463 e. The number of carbonyl (C=O) groups is 3. The molecule has 1 aliphatic rings. The molecule has 208 valence electrons. The second kappa shape index (κ2) is 12.8. The van der Waals surface area contributed by atoms with Gasteiger partial charge in [0.25, 0.3) is 0 Å². The van der Waals surface area contributed by atoms with Crippen LogP contribution in [0.25, 0.3) is 10.7 Å². The predicted molar refractivity (Wildman–Crippen MR) is 144 cm³/mol. The molecule has 3 heterocycles. The van der Waals surface area contributed by atoms with Gasteiger partial charge in [-0.2, -0.15) is 0 Å². The molecule has 4 rings (SSSR count). The summed E-state index contributed by atoms with van der Waals surface area (Å²) in [4.78, 5) is 41.0. The first-order valence-electron chi connectivity index (χ1n) is 11.3. The number of thioether (sulfide) groups is 1. The van der Waals surface area contributed by atoms with Crippen LogP contribution in [-0.2, 0) is 33.3 Å². The normalized spacial score (nSPS) is 22.8. The van der Waals surface area contributed by atoms with Gasteiger partial charge in [-0.25, -0.2) is 9.67 Å². The zero-order valence-corrected chi connectivity index (χ0v) is 24.5. The van der Waals surface area contributed by atoms with E-state index in [0.29, 0.717) is 30.8 Å². The summed E-state index contributed by atoms with van der Waals surface area (Å²) >= 11 is 20.7. The van der Waals surface area contributed by atoms with Gasteiger partial charge in [-0.1, -0.05) is 51.8 Å². The van der Waals surface area contributed by atoms with Crippen LogP contribution >= 0.6 is 57.9 Å². The highest BCUT2D eigenvalue weighted by Crippen LogP contribution is 2.42. The van der Waals surface area contributed by atoms with Gasteiger partial charge in [0.05, 0.1) is 16.2 Å². The Kier molecular flexibility index (Phi) is 9.73. The van der Waals surface area contributed by atoms with Gasteiger partial charge in [0.2, 0.25) is 0 Å². The fourth-order valence-electron chi connectivity index (χ4n) is 3.86. The van der Waals surface area contributed by atoms with Crippen molar-refractivity contribution in [1.82, 2.24) is 20.0 Å². The second-order valence-electron chi connectivity index (χ2n) is 8.24. The highest BCUT2D eigenvalue weighted by Gasteiger charge is 2.52. The maximum atomic E-state index is 12.3. The number of benzene rings is 1. The van der Waals surface area contributed by atoms with Crippen molar-refractivity contribution in [3.8, 4) is 10.7 Å². The molecular weight excluding hydrogens is 615 g/mol. The number of esters is 3. The van der Waals surface area contributed by atoms with Crippen molar-refractivity contribution in [2.24, 2.45) is 0 Å². The molecule has 0 amide bonds. The van der Waals surface area contributed by atoms with E-state index < -0.39 is 47.7 Å². The number of nitrogens with zero attached hydrogens (tertiary/aromatic N) is 4. The van der Waals surface area contributed by atoms with Crippen molar-refractivity contribution in [2.45, 2.75) is 55.5 Å². The number of hydrogen-bond acceptors (Lipinski definition) is 12. The van der Waals surface area contributed by atoms with E-state index in [4.69, 9.17) is 53.8 Å². The summed E-state index contributed by atoms with van der Waals surface area (Å²) in [5.74, 6) is -1.80. The van der Waals surface area contributed by atoms with Gasteiger partial charge in [-0.3, -0.25) is 14.4 Å². The molecule has 0 saturated carbocycles. The maximum absolute atomic E-state index is 12.3. The molecule has 39 heavy (non-hydrogen) atoms. The molecule has 1 aliphatic heterocycles. The van der Waals surface area contributed by atoms with E-state index in [1.807, 2.05) is 0 Å². The van der Waals surface area contributed by atoms with Gasteiger partial charge in [0.15, 0.2) is 12.2 Å². The van der Waals surface area contributed by atoms with Crippen molar-refractivity contribution in [1.29, 1.82) is 0 Å². The van der Waals surface area contributed by atoms with Crippen molar-refractivity contribution >= 4 is 75.8 Å². The van der Waals surface area contributed by atoms with E-state index in [-0.39, 0.29) is 6.61 Å². The van der Waals surface area contributed by atoms with E-state index >= 15 is 0 Å². The van der Waals surface area contributed by atoms with Gasteiger partial charge in [-0.15, -0.1) is 16.4 Å². The lowest BCUT2D eigenvalue weighted by atomic mass is 9.96. The number of thiazole rings is 1. The summed E-state index contributed by atoms with van der Waals surface area (Å²) in [5, 5.41) is 11.5. The molecule has 3 aromatic rings. The van der Waals surface area contributed by atoms with Crippen LogP contribution < -0.4 is 0 Å². The van der Waals surface area contributed by atoms with Gasteiger partial charge in [-0.05, 0) is 18.2 Å². The molecule has 0 spiro atoms. The first-order valence-corrected chi connectivity index (χ1v) is 14.2. The average molecular weight is 636 g/mol. The summed E-state index contributed by atoms with van der Waals surface area (Å²) < 4.78 is 24.3. The number of rotatable bonds is 8. The van der Waals surface area contributed by atoms with Gasteiger partial charge in [0.1, 0.15) is 40.0 Å². The van der Waals surface area contributed by atoms with Gasteiger partial charge >= 0.3 is 17.9 Å². The lowest BCUT2D eigenvalue weighted by Gasteiger charge is -2.44. The van der Waals surface area contributed by atoms with Crippen LogP contribution in [0, 0.1) is 0 Å². The lowest BCUT2D eigenvalue weighted by Crippen LogP contribution is -2.57. The number of hydrogen-bond donors (Lipinski definition) is 0. The molecule has 0 aliphatic carbocycles. The molecule has 0 bridgehead atoms. The number of ether oxygens (including phenoxy) is 4. The Morgan fingerprint density at radius 3 is 2.38 bits per heavy atom. The maximum Gasteiger partial charge on any atom is 0.303 e. The Bertz CT molecular complexity index is 1370. The fraction of sp³-hybridized carbons (Fsp3) is 0.391. The summed E-state index contributed by atoms with van der Waals surface area (Å²) in [5.41, 5.74) is -0.489. The van der Waals surface area contributed by atoms with Crippen LogP contribution in [0.3, 0.4) is 0 Å². The Morgan fingerprint density at radius 1 is 1.05 bits per heavy atom. The van der Waals surface area contributed by atoms with E-state index in [9.17, 15) is 14.4 Å². The zero-order chi connectivity index (χ0) is 28.3. The third-order valence-electron chi connectivity index (χ3n) is 5.33. The van der Waals surface area contributed by atoms with Crippen molar-refractivity contribution in [2.75, 3.05) is 6.61 Å². The van der Waals surface area contributed by atoms with Crippen molar-refractivity contribution < 1.29 is 33.3 Å². The van der Waals surface area contributed by atoms with Crippen LogP contribution in [0.1, 0.15) is 26.8 Å². The highest BCUT2D eigenvalue weighted by molar-refractivity contribution is 7.99. The smallest absolute Gasteiger partial charge is 0.303 e. The summed E-state index contributed by atoms with van der Waals surface area (Å²) in [6, 6.07) is 4.04. The minimum atomic E-state index is -1.09. The van der Waals surface area contributed by atoms with Crippen molar-refractivity contribution in [3.05, 3.63) is 45.0 Å². The third-order valence-corrected chi connectivity index (χ3v) is 8.39. The highest BCUT2D eigenvalue weighted by atomic mass is 35.5. The standard InChI is InChI=1S/C23H21Cl3N4O7S2/c1-10(31)34-8-17-20(35-11(2)32)19(30-7-16(28-29-30)22-27-18(26)9-38-22)21(36-12(3)33)23(37-17)39-13-4-5-14(24)15(25)6-13/h4-7,9,17,19-21,23H,8H2,1-3H3. The van der Waals surface area contributed by atoms with Crippen LogP contribution in [0.5, 0.6) is 0 Å². The zero-order valence-electron chi connectivity index (χ0n) is 20.6. The molecule has 16 heteroatoms. The van der Waals surface area contributed by atoms with E-state index in [2.05, 4.69) is 15.3 Å². The van der Waals surface area contributed by atoms with Gasteiger partial charge in [0, 0.05) is 31.0 Å². The number of aromatic nitrogens is 4. The molecule has 5 atom stereocenters. The molecule has 5 unspecified atom stereocenters. The largest absolute Gasteiger partial charge is 0.463 e. The molecule has 11 nitrogen and oxygen atoms in total. The van der Waals surface area contributed by atoms with E-state index in [1.54, 1.807) is 29.8 Å². The Morgan fingerprint density at radius 2 is 1.77 bits per heavy atom. The predicted octanol–water partition coefficient (Wildman–Crippen LogP) is 4.85. The Balaban J connectivity index is 1.79. The first-order chi connectivity index (χ1) is 18.5. The van der Waals surface area contributed by atoms with Crippen LogP contribution in [0.15, 0.2) is 34.7 Å². The second-order valence-corrected chi connectivity index (χ2v) is 11.5. The molecule has 1 fully saturated rings. The average Bonchev–Trinajstić information content (AvgIpc) is 3.50. The number of halogens is 3. The van der Waals surface area contributed by atoms with Crippen LogP contribution in [-0.4, -0.2) is 68.2 Å². The summed E-state index contributed by atoms with van der Waals surface area (Å²) in [6.45, 7) is 3.46. The fourth-order valence-corrected chi connectivity index (χ4v) is 6.26. The van der Waals surface area contributed by atoms with Gasteiger partial charge < -0.3 is 18.9 Å². The topological polar surface area (TPSA) is 132 Å². The summed E-state index contributed by atoms with van der Waals surface area (Å²) in [7, 11) is 0. The first kappa shape index (κ1) is 29.6. The monoisotopic (exact) mass is 634 g/mol. The molecule has 0 radical (unpaired) electrons. The van der Waals surface area contributed by atoms with Crippen molar-refractivity contribution in [3.63, 3.8) is 0 Å². The quantitative estimate of drug-likeness (QED) is 0.249. The SMILES string of the molecule is CC(=O)OCC1OC(Sc2ccc(Cl)c(Cl)c2)C(OC(C)=O)C(n2cc(-c3nc(Cl)cs3)nn2)C1OC(C)=O. The Hall–Kier alpha value is -2.42. The third kappa shape index (κ3) is 7.41. The Labute approximate surface area is 246 Å².